The van der Waals surface area contributed by atoms with E-state index in [-0.39, 0.29) is 18.4 Å². The van der Waals surface area contributed by atoms with Gasteiger partial charge in [0.2, 0.25) is 5.91 Å². The van der Waals surface area contributed by atoms with Crippen molar-refractivity contribution in [2.75, 3.05) is 20.3 Å². The lowest BCUT2D eigenvalue weighted by Crippen LogP contribution is -2.53. The molecule has 4 aromatic carbocycles. The Morgan fingerprint density at radius 3 is 2.50 bits per heavy atom. The molecule has 2 aliphatic heterocycles. The molecule has 1 saturated carbocycles. The first-order valence-electron chi connectivity index (χ1n) is 17.4. The van der Waals surface area contributed by atoms with Gasteiger partial charge in [-0.05, 0) is 95.0 Å². The number of hydrogen-bond donors (Lipinski definition) is 2. The van der Waals surface area contributed by atoms with Gasteiger partial charge in [-0.15, -0.1) is 0 Å². The molecular formula is C41H41N3O6. The Morgan fingerprint density at radius 1 is 0.980 bits per heavy atom. The summed E-state index contributed by atoms with van der Waals surface area (Å²) >= 11 is 0. The number of carbonyl (C=O) groups excluding carboxylic acids is 2. The van der Waals surface area contributed by atoms with E-state index < -0.39 is 18.1 Å². The van der Waals surface area contributed by atoms with Crippen LogP contribution >= 0.6 is 0 Å². The minimum atomic E-state index is -0.889. The van der Waals surface area contributed by atoms with Crippen LogP contribution in [0, 0.1) is 17.2 Å². The summed E-state index contributed by atoms with van der Waals surface area (Å²) in [5.41, 5.74) is 6.33. The highest BCUT2D eigenvalue weighted by Gasteiger charge is 2.32. The number of fused-ring (bicyclic) bond motifs is 2. The highest BCUT2D eigenvalue weighted by Crippen LogP contribution is 2.40. The van der Waals surface area contributed by atoms with Gasteiger partial charge in [0, 0.05) is 13.0 Å². The van der Waals surface area contributed by atoms with Crippen LogP contribution in [0.25, 0.3) is 11.1 Å². The summed E-state index contributed by atoms with van der Waals surface area (Å²) in [5, 5.41) is 15.5. The number of benzene rings is 4. The molecule has 1 amide bonds. The number of nitrogens with one attached hydrogen (secondary N) is 2. The zero-order valence-corrected chi connectivity index (χ0v) is 28.2. The van der Waals surface area contributed by atoms with Gasteiger partial charge in [-0.1, -0.05) is 61.4 Å². The van der Waals surface area contributed by atoms with Gasteiger partial charge >= 0.3 is 5.97 Å². The van der Waals surface area contributed by atoms with Crippen LogP contribution in [0.1, 0.15) is 59.6 Å². The molecule has 50 heavy (non-hydrogen) atoms. The van der Waals surface area contributed by atoms with Crippen molar-refractivity contribution in [3.8, 4) is 34.4 Å². The fourth-order valence-electron chi connectivity index (χ4n) is 7.13. The number of carbonyl (C=O) groups is 2. The van der Waals surface area contributed by atoms with Crippen LogP contribution in [0.4, 0.5) is 0 Å². The average Bonchev–Trinajstić information content (AvgIpc) is 3.69. The van der Waals surface area contributed by atoms with Gasteiger partial charge in [0.05, 0.1) is 31.4 Å². The SMILES string of the molecule is COC(=O)C(Cc1ccccc1-c1ccc(C#N)cc1)NC(=O)C1Cc2cc3c(cc2CN1)OC(c1ccc(OCC2CCCC2)cc1)CO3. The maximum atomic E-state index is 13.6. The van der Waals surface area contributed by atoms with E-state index in [2.05, 4.69) is 16.7 Å². The van der Waals surface area contributed by atoms with E-state index in [1.54, 1.807) is 12.1 Å². The second-order valence-corrected chi connectivity index (χ2v) is 13.3. The Morgan fingerprint density at radius 2 is 1.74 bits per heavy atom. The number of ether oxygens (including phenoxy) is 4. The number of amides is 1. The van der Waals surface area contributed by atoms with E-state index in [0.29, 0.717) is 42.6 Å². The Labute approximate surface area is 292 Å². The maximum absolute atomic E-state index is 13.6. The Kier molecular flexibility index (Phi) is 9.99. The molecule has 0 radical (unpaired) electrons. The van der Waals surface area contributed by atoms with Crippen LogP contribution in [-0.4, -0.2) is 44.3 Å². The highest BCUT2D eigenvalue weighted by molar-refractivity contribution is 5.88. The van der Waals surface area contributed by atoms with E-state index in [1.807, 2.05) is 72.8 Å². The van der Waals surface area contributed by atoms with E-state index >= 15 is 0 Å². The Balaban J connectivity index is 0.987. The molecule has 0 saturated heterocycles. The molecule has 0 bridgehead atoms. The summed E-state index contributed by atoms with van der Waals surface area (Å²) in [6, 6.07) is 27.7. The van der Waals surface area contributed by atoms with Crippen LogP contribution in [0.15, 0.2) is 84.9 Å². The molecule has 2 heterocycles. The lowest BCUT2D eigenvalue weighted by molar-refractivity contribution is -0.145. The van der Waals surface area contributed by atoms with Crippen molar-refractivity contribution in [3.05, 3.63) is 113 Å². The predicted molar refractivity (Wildman–Crippen MR) is 188 cm³/mol. The summed E-state index contributed by atoms with van der Waals surface area (Å²) in [4.78, 5) is 26.5. The first kappa shape index (κ1) is 33.2. The molecule has 2 N–H and O–H groups in total. The molecule has 9 nitrogen and oxygen atoms in total. The average molecular weight is 672 g/mol. The molecule has 4 aromatic rings. The number of nitriles is 1. The fourth-order valence-corrected chi connectivity index (χ4v) is 7.13. The summed E-state index contributed by atoms with van der Waals surface area (Å²) < 4.78 is 23.7. The number of hydrogen-bond acceptors (Lipinski definition) is 8. The van der Waals surface area contributed by atoms with Crippen LogP contribution in [-0.2, 0) is 33.7 Å². The minimum absolute atomic E-state index is 0.239. The van der Waals surface area contributed by atoms with Crippen molar-refractivity contribution in [1.29, 1.82) is 5.26 Å². The third-order valence-electron chi connectivity index (χ3n) is 9.99. The molecule has 7 rings (SSSR count). The van der Waals surface area contributed by atoms with E-state index in [9.17, 15) is 14.9 Å². The molecule has 1 aliphatic carbocycles. The van der Waals surface area contributed by atoms with E-state index in [0.717, 1.165) is 45.7 Å². The molecule has 3 unspecified atom stereocenters. The third kappa shape index (κ3) is 7.46. The quantitative estimate of drug-likeness (QED) is 0.191. The lowest BCUT2D eigenvalue weighted by Gasteiger charge is -2.31. The van der Waals surface area contributed by atoms with Crippen molar-refractivity contribution in [2.45, 2.75) is 63.3 Å². The number of methoxy groups -OCH3 is 1. The molecule has 3 aliphatic rings. The monoisotopic (exact) mass is 671 g/mol. The number of esters is 1. The second-order valence-electron chi connectivity index (χ2n) is 13.3. The van der Waals surface area contributed by atoms with E-state index in [1.165, 1.54) is 32.8 Å². The van der Waals surface area contributed by atoms with Gasteiger partial charge < -0.3 is 29.6 Å². The van der Waals surface area contributed by atoms with Gasteiger partial charge in [-0.3, -0.25) is 4.79 Å². The summed E-state index contributed by atoms with van der Waals surface area (Å²) in [6.07, 6.45) is 5.56. The van der Waals surface area contributed by atoms with Gasteiger partial charge in [0.25, 0.3) is 0 Å². The van der Waals surface area contributed by atoms with Crippen molar-refractivity contribution in [3.63, 3.8) is 0 Å². The van der Waals surface area contributed by atoms with Crippen LogP contribution < -0.4 is 24.8 Å². The first-order valence-corrected chi connectivity index (χ1v) is 17.4. The normalized spacial score (nSPS) is 18.7. The highest BCUT2D eigenvalue weighted by atomic mass is 16.6. The van der Waals surface area contributed by atoms with E-state index in [4.69, 9.17) is 18.9 Å². The second kappa shape index (κ2) is 15.1. The largest absolute Gasteiger partial charge is 0.493 e. The summed E-state index contributed by atoms with van der Waals surface area (Å²) in [5.74, 6) is 2.07. The van der Waals surface area contributed by atoms with Crippen molar-refractivity contribution >= 4 is 11.9 Å². The molecule has 256 valence electrons. The van der Waals surface area contributed by atoms with Crippen LogP contribution in [0.3, 0.4) is 0 Å². The predicted octanol–water partition coefficient (Wildman–Crippen LogP) is 6.22. The fraction of sp³-hybridized carbons (Fsp3) is 0.341. The Bertz CT molecular complexity index is 1880. The van der Waals surface area contributed by atoms with Gasteiger partial charge in [0.15, 0.2) is 17.6 Å². The molecule has 1 fully saturated rings. The van der Waals surface area contributed by atoms with Crippen LogP contribution in [0.2, 0.25) is 0 Å². The zero-order chi connectivity index (χ0) is 34.5. The van der Waals surface area contributed by atoms with Gasteiger partial charge in [0.1, 0.15) is 18.4 Å². The third-order valence-corrected chi connectivity index (χ3v) is 9.99. The zero-order valence-electron chi connectivity index (χ0n) is 28.2. The standard InChI is InChI=1S/C41H41N3O6/c1-47-41(46)36(18-30-8-4-5-9-34(30)28-12-10-26(22-42)11-13-28)44-40(45)35-19-31-20-37-38(21-32(31)23-43-35)50-39(25-49-37)29-14-16-33(17-15-29)48-24-27-6-2-3-7-27/h4-5,8-17,20-21,27,35-36,39,43H,2-3,6-7,18-19,23-25H2,1H3,(H,44,45). The van der Waals surface area contributed by atoms with Crippen molar-refractivity contribution in [2.24, 2.45) is 5.92 Å². The minimum Gasteiger partial charge on any atom is -0.493 e. The van der Waals surface area contributed by atoms with Crippen LogP contribution in [0.5, 0.6) is 17.2 Å². The first-order chi connectivity index (χ1) is 24.5. The smallest absolute Gasteiger partial charge is 0.328 e. The molecule has 0 spiro atoms. The van der Waals surface area contributed by atoms with Gasteiger partial charge in [-0.2, -0.15) is 5.26 Å². The molecule has 9 heteroatoms. The molecule has 0 aromatic heterocycles. The molecular weight excluding hydrogens is 630 g/mol. The number of rotatable bonds is 10. The topological polar surface area (TPSA) is 119 Å². The number of nitrogens with zero attached hydrogens (tertiary/aromatic N) is 1. The van der Waals surface area contributed by atoms with Crippen molar-refractivity contribution in [1.82, 2.24) is 10.6 Å². The molecule has 3 atom stereocenters. The Hall–Kier alpha value is -5.33. The summed E-state index contributed by atoms with van der Waals surface area (Å²) in [7, 11) is 1.32. The maximum Gasteiger partial charge on any atom is 0.328 e. The lowest BCUT2D eigenvalue weighted by atomic mass is 9.93. The van der Waals surface area contributed by atoms with Crippen molar-refractivity contribution < 1.29 is 28.5 Å². The summed E-state index contributed by atoms with van der Waals surface area (Å²) in [6.45, 7) is 1.62. The van der Waals surface area contributed by atoms with Gasteiger partial charge in [-0.25, -0.2) is 4.79 Å².